The number of hydrogen-bond acceptors (Lipinski definition) is 6. The molecule has 0 saturated carbocycles. The van der Waals surface area contributed by atoms with Crippen LogP contribution in [0, 0.1) is 0 Å². The molecule has 1 fully saturated rings. The largest absolute Gasteiger partial charge is 0.463 e. The molecule has 0 amide bonds. The molecule has 1 aliphatic heterocycles. The first kappa shape index (κ1) is 18.9. The number of nitrogens with zero attached hydrogens (tertiary/aromatic N) is 2. The van der Waals surface area contributed by atoms with Crippen LogP contribution in [0.2, 0.25) is 0 Å². The lowest BCUT2D eigenvalue weighted by Gasteiger charge is -2.04. The van der Waals surface area contributed by atoms with E-state index in [1.165, 1.54) is 6.08 Å². The maximum Gasteiger partial charge on any atom is 0.347 e. The first-order valence-electron chi connectivity index (χ1n) is 9.87. The van der Waals surface area contributed by atoms with Gasteiger partial charge in [-0.2, -0.15) is 5.10 Å². The van der Waals surface area contributed by atoms with Gasteiger partial charge in [-0.3, -0.25) is 0 Å². The van der Waals surface area contributed by atoms with Gasteiger partial charge in [-0.25, -0.2) is 14.3 Å². The van der Waals surface area contributed by atoms with Crippen LogP contribution in [0.4, 0.5) is 0 Å². The van der Waals surface area contributed by atoms with Crippen LogP contribution in [-0.4, -0.2) is 34.4 Å². The molecule has 4 aromatic rings. The summed E-state index contributed by atoms with van der Waals surface area (Å²) in [6, 6.07) is 19.3. The number of furan rings is 1. The Bertz CT molecular complexity index is 1250. The fraction of sp³-hybridized carbons (Fsp3) is 0.125. The molecule has 7 heteroatoms. The van der Waals surface area contributed by atoms with Crippen molar-refractivity contribution in [2.24, 2.45) is 0 Å². The summed E-state index contributed by atoms with van der Waals surface area (Å²) >= 11 is 0. The van der Waals surface area contributed by atoms with E-state index in [-0.39, 0.29) is 6.61 Å². The normalized spacial score (nSPS) is 16.1. The van der Waals surface area contributed by atoms with Crippen LogP contribution in [0.5, 0.6) is 0 Å². The van der Waals surface area contributed by atoms with Crippen LogP contribution >= 0.6 is 0 Å². The first-order valence-corrected chi connectivity index (χ1v) is 9.87. The van der Waals surface area contributed by atoms with E-state index in [9.17, 15) is 9.59 Å². The number of benzene rings is 2. The van der Waals surface area contributed by atoms with Gasteiger partial charge in [-0.05, 0) is 30.3 Å². The zero-order valence-electron chi connectivity index (χ0n) is 16.4. The number of carbonyl (C=O) groups excluding carboxylic acids is 2. The van der Waals surface area contributed by atoms with E-state index in [0.29, 0.717) is 23.4 Å². The third-order valence-corrected chi connectivity index (χ3v) is 4.97. The lowest BCUT2D eigenvalue weighted by atomic mass is 10.2. The maximum atomic E-state index is 12.2. The van der Waals surface area contributed by atoms with Gasteiger partial charge in [0.25, 0.3) is 0 Å². The minimum atomic E-state index is -0.848. The van der Waals surface area contributed by atoms with Gasteiger partial charge in [0, 0.05) is 29.6 Å². The van der Waals surface area contributed by atoms with Gasteiger partial charge in [0.1, 0.15) is 11.3 Å². The molecule has 0 N–H and O–H groups in total. The van der Waals surface area contributed by atoms with E-state index in [0.717, 1.165) is 16.7 Å². The Morgan fingerprint density at radius 2 is 1.94 bits per heavy atom. The molecule has 3 heterocycles. The molecule has 7 nitrogen and oxygen atoms in total. The highest BCUT2D eigenvalue weighted by Crippen LogP contribution is 2.30. The maximum absolute atomic E-state index is 12.2. The minimum Gasteiger partial charge on any atom is -0.463 e. The van der Waals surface area contributed by atoms with Crippen molar-refractivity contribution >= 4 is 29.0 Å². The van der Waals surface area contributed by atoms with Gasteiger partial charge in [0.2, 0.25) is 6.10 Å². The molecule has 0 spiro atoms. The van der Waals surface area contributed by atoms with E-state index in [2.05, 4.69) is 5.10 Å². The Morgan fingerprint density at radius 1 is 1.13 bits per heavy atom. The van der Waals surface area contributed by atoms with Gasteiger partial charge in [-0.1, -0.05) is 36.4 Å². The van der Waals surface area contributed by atoms with Crippen LogP contribution in [0.25, 0.3) is 34.2 Å². The molecule has 0 aliphatic carbocycles. The van der Waals surface area contributed by atoms with Gasteiger partial charge < -0.3 is 13.9 Å². The van der Waals surface area contributed by atoms with Gasteiger partial charge in [0.05, 0.1) is 12.3 Å². The zero-order chi connectivity index (χ0) is 21.2. The highest BCUT2D eigenvalue weighted by atomic mass is 16.6. The summed E-state index contributed by atoms with van der Waals surface area (Å²) in [5.74, 6) is -0.545. The molecule has 1 saturated heterocycles. The smallest absolute Gasteiger partial charge is 0.347 e. The number of hydrogen-bond donors (Lipinski definition) is 0. The molecule has 31 heavy (non-hydrogen) atoms. The third kappa shape index (κ3) is 3.85. The standard InChI is InChI=1S/C24H18N2O5/c27-22(31-20-12-13-29-24(20)28)11-10-17-15-26(18-7-2-1-3-8-18)25-23(17)21-14-16-6-4-5-9-19(16)30-21/h1-11,14-15,20H,12-13H2/b11-10+/t20-/m0/s1. The second kappa shape index (κ2) is 7.95. The Kier molecular flexibility index (Phi) is 4.84. The number of para-hydroxylation sites is 2. The molecule has 5 rings (SSSR count). The highest BCUT2D eigenvalue weighted by molar-refractivity contribution is 5.91. The van der Waals surface area contributed by atoms with E-state index in [4.69, 9.17) is 13.9 Å². The summed E-state index contributed by atoms with van der Waals surface area (Å²) in [5.41, 5.74) is 2.88. The molecule has 0 radical (unpaired) electrons. The van der Waals surface area contributed by atoms with Crippen molar-refractivity contribution in [3.8, 4) is 17.1 Å². The summed E-state index contributed by atoms with van der Waals surface area (Å²) in [6.07, 6.45) is 4.22. The molecule has 0 unspecified atom stereocenters. The SMILES string of the molecule is O=C(/C=C/c1cn(-c2ccccc2)nc1-c1cc2ccccc2o1)O[C@H]1CCOC1=O. The zero-order valence-corrected chi connectivity index (χ0v) is 16.4. The predicted octanol–water partition coefficient (Wildman–Crippen LogP) is 4.16. The van der Waals surface area contributed by atoms with Crippen LogP contribution < -0.4 is 0 Å². The fourth-order valence-electron chi connectivity index (χ4n) is 3.43. The van der Waals surface area contributed by atoms with Crippen molar-refractivity contribution in [3.63, 3.8) is 0 Å². The molecular weight excluding hydrogens is 396 g/mol. The Balaban J connectivity index is 1.49. The number of fused-ring (bicyclic) bond motifs is 1. The molecule has 2 aromatic carbocycles. The van der Waals surface area contributed by atoms with E-state index in [1.807, 2.05) is 66.9 Å². The summed E-state index contributed by atoms with van der Waals surface area (Å²) in [5, 5.41) is 5.64. The lowest BCUT2D eigenvalue weighted by Crippen LogP contribution is -2.21. The van der Waals surface area contributed by atoms with E-state index < -0.39 is 18.0 Å². The molecule has 0 bridgehead atoms. The van der Waals surface area contributed by atoms with Crippen molar-refractivity contribution in [2.75, 3.05) is 6.61 Å². The number of carbonyl (C=O) groups is 2. The van der Waals surface area contributed by atoms with Crippen LogP contribution in [0.3, 0.4) is 0 Å². The van der Waals surface area contributed by atoms with Gasteiger partial charge >= 0.3 is 11.9 Å². The lowest BCUT2D eigenvalue weighted by molar-refractivity contribution is -0.156. The van der Waals surface area contributed by atoms with Gasteiger partial charge in [-0.15, -0.1) is 0 Å². The number of cyclic esters (lactones) is 1. The first-order chi connectivity index (χ1) is 15.2. The van der Waals surface area contributed by atoms with Crippen molar-refractivity contribution in [1.82, 2.24) is 9.78 Å². The van der Waals surface area contributed by atoms with E-state index >= 15 is 0 Å². The van der Waals surface area contributed by atoms with Gasteiger partial charge in [0.15, 0.2) is 5.76 Å². The number of rotatable bonds is 5. The Labute approximate surface area is 177 Å². The fourth-order valence-corrected chi connectivity index (χ4v) is 3.43. The second-order valence-electron chi connectivity index (χ2n) is 7.08. The van der Waals surface area contributed by atoms with Crippen molar-refractivity contribution in [2.45, 2.75) is 12.5 Å². The average Bonchev–Trinajstić information content (AvgIpc) is 3.51. The summed E-state index contributed by atoms with van der Waals surface area (Å²) in [6.45, 7) is 0.264. The van der Waals surface area contributed by atoms with Crippen molar-refractivity contribution < 1.29 is 23.5 Å². The molecule has 1 aliphatic rings. The number of aromatic nitrogens is 2. The summed E-state index contributed by atoms with van der Waals surface area (Å²) in [4.78, 5) is 23.7. The number of esters is 2. The summed E-state index contributed by atoms with van der Waals surface area (Å²) in [7, 11) is 0. The third-order valence-electron chi connectivity index (χ3n) is 4.97. The second-order valence-corrected chi connectivity index (χ2v) is 7.08. The predicted molar refractivity (Wildman–Crippen MR) is 113 cm³/mol. The highest BCUT2D eigenvalue weighted by Gasteiger charge is 2.29. The van der Waals surface area contributed by atoms with E-state index in [1.54, 1.807) is 10.8 Å². The minimum absolute atomic E-state index is 0.264. The Hall–Kier alpha value is -4.13. The number of ether oxygens (including phenoxy) is 2. The van der Waals surface area contributed by atoms with Crippen LogP contribution in [0.1, 0.15) is 12.0 Å². The average molecular weight is 414 g/mol. The quantitative estimate of drug-likeness (QED) is 0.360. The monoisotopic (exact) mass is 414 g/mol. The van der Waals surface area contributed by atoms with Crippen LogP contribution in [0.15, 0.2) is 77.4 Å². The van der Waals surface area contributed by atoms with Crippen LogP contribution in [-0.2, 0) is 19.1 Å². The molecule has 1 atom stereocenters. The summed E-state index contributed by atoms with van der Waals surface area (Å²) < 4.78 is 17.7. The molecular formula is C24H18N2O5. The molecule has 2 aromatic heterocycles. The Morgan fingerprint density at radius 3 is 2.71 bits per heavy atom. The van der Waals surface area contributed by atoms with Crippen molar-refractivity contribution in [3.05, 3.63) is 78.5 Å². The topological polar surface area (TPSA) is 83.6 Å². The van der Waals surface area contributed by atoms with Crippen molar-refractivity contribution in [1.29, 1.82) is 0 Å². The molecule has 154 valence electrons.